The van der Waals surface area contributed by atoms with Crippen molar-refractivity contribution in [2.24, 2.45) is 7.05 Å². The van der Waals surface area contributed by atoms with E-state index in [4.69, 9.17) is 0 Å². The Kier molecular flexibility index (Phi) is 5.93. The molecule has 6 nitrogen and oxygen atoms in total. The Bertz CT molecular complexity index is 1250. The number of nitriles is 1. The average molecular weight is 450 g/mol. The molecule has 10 heteroatoms. The molecule has 0 aromatic carbocycles. The number of thioether (sulfide) groups is 1. The van der Waals surface area contributed by atoms with Crippen LogP contribution < -0.4 is 5.56 Å². The summed E-state index contributed by atoms with van der Waals surface area (Å²) in [6.07, 6.45) is -3.10. The van der Waals surface area contributed by atoms with Crippen LogP contribution in [0.2, 0.25) is 0 Å². The van der Waals surface area contributed by atoms with Gasteiger partial charge in [-0.1, -0.05) is 6.92 Å². The average Bonchev–Trinajstić information content (AvgIpc) is 3.04. The van der Waals surface area contributed by atoms with E-state index in [1.54, 1.807) is 27.1 Å². The molecule has 0 aliphatic carbocycles. The topological polar surface area (TPSA) is 76.5 Å². The lowest BCUT2D eigenvalue weighted by Crippen LogP contribution is -2.28. The summed E-state index contributed by atoms with van der Waals surface area (Å²) in [6.45, 7) is 6.90. The van der Waals surface area contributed by atoms with Crippen molar-refractivity contribution in [1.29, 1.82) is 5.26 Å². The van der Waals surface area contributed by atoms with Gasteiger partial charge in [0.1, 0.15) is 16.9 Å². The van der Waals surface area contributed by atoms with E-state index in [9.17, 15) is 23.2 Å². The lowest BCUT2D eigenvalue weighted by molar-refractivity contribution is -0.144. The van der Waals surface area contributed by atoms with Gasteiger partial charge in [-0.15, -0.1) is 11.8 Å². The molecule has 0 spiro atoms. The van der Waals surface area contributed by atoms with Crippen LogP contribution in [0.5, 0.6) is 0 Å². The highest BCUT2D eigenvalue weighted by Gasteiger charge is 2.36. The molecule has 0 amide bonds. The number of halogens is 3. The fraction of sp³-hybridized carbons (Fsp3) is 0.429. The van der Waals surface area contributed by atoms with Gasteiger partial charge in [0.05, 0.1) is 17.0 Å². The molecule has 0 unspecified atom stereocenters. The summed E-state index contributed by atoms with van der Waals surface area (Å²) >= 11 is 1.49. The quantitative estimate of drug-likeness (QED) is 0.526. The molecule has 0 fully saturated rings. The third-order valence-electron chi connectivity index (χ3n) is 5.11. The molecule has 0 atom stereocenters. The van der Waals surface area contributed by atoms with Crippen LogP contribution in [-0.2, 0) is 25.2 Å². The van der Waals surface area contributed by atoms with Crippen molar-refractivity contribution in [2.45, 2.75) is 50.7 Å². The van der Waals surface area contributed by atoms with Crippen LogP contribution in [0.4, 0.5) is 13.2 Å². The number of rotatable bonds is 5. The van der Waals surface area contributed by atoms with Gasteiger partial charge < -0.3 is 9.13 Å². The van der Waals surface area contributed by atoms with Crippen LogP contribution in [0.1, 0.15) is 39.0 Å². The first kappa shape index (κ1) is 22.9. The molecule has 0 radical (unpaired) electrons. The van der Waals surface area contributed by atoms with E-state index in [0.29, 0.717) is 16.1 Å². The van der Waals surface area contributed by atoms with Gasteiger partial charge in [0.2, 0.25) is 0 Å². The van der Waals surface area contributed by atoms with E-state index in [2.05, 4.69) is 16.0 Å². The van der Waals surface area contributed by atoms with Crippen LogP contribution >= 0.6 is 11.8 Å². The standard InChI is InChI=1S/C21H22F3N5OS/c1-6-29-15(21(22,23)24)9-13-17(19(29)30)28(5)18(27-13)16-14(31-7-2)8-12(10-26-16)20(3,4)11-25/h8-10H,6-7H2,1-5H3. The van der Waals surface area contributed by atoms with E-state index in [1.165, 1.54) is 23.3 Å². The third kappa shape index (κ3) is 3.94. The fourth-order valence-corrected chi connectivity index (χ4v) is 4.17. The lowest BCUT2D eigenvalue weighted by atomic mass is 9.87. The van der Waals surface area contributed by atoms with E-state index in [-0.39, 0.29) is 17.6 Å². The maximum atomic E-state index is 13.5. The molecule has 0 saturated heterocycles. The summed E-state index contributed by atoms with van der Waals surface area (Å²) < 4.78 is 42.7. The van der Waals surface area contributed by atoms with Gasteiger partial charge in [-0.2, -0.15) is 18.4 Å². The highest BCUT2D eigenvalue weighted by atomic mass is 32.2. The molecule has 3 rings (SSSR count). The Morgan fingerprint density at radius 3 is 2.45 bits per heavy atom. The molecular weight excluding hydrogens is 427 g/mol. The second-order valence-corrected chi connectivity index (χ2v) is 8.85. The van der Waals surface area contributed by atoms with Crippen LogP contribution in [-0.4, -0.2) is 24.9 Å². The minimum atomic E-state index is -4.67. The summed E-state index contributed by atoms with van der Waals surface area (Å²) in [6, 6.07) is 5.00. The highest BCUT2D eigenvalue weighted by molar-refractivity contribution is 7.99. The zero-order valence-electron chi connectivity index (χ0n) is 17.8. The van der Waals surface area contributed by atoms with E-state index in [0.717, 1.165) is 22.3 Å². The zero-order valence-corrected chi connectivity index (χ0v) is 18.6. The van der Waals surface area contributed by atoms with Gasteiger partial charge in [-0.25, -0.2) is 4.98 Å². The maximum Gasteiger partial charge on any atom is 0.431 e. The first-order valence-corrected chi connectivity index (χ1v) is 10.7. The highest BCUT2D eigenvalue weighted by Crippen LogP contribution is 2.35. The van der Waals surface area contributed by atoms with Gasteiger partial charge in [-0.3, -0.25) is 9.78 Å². The molecule has 3 aromatic heterocycles. The number of nitrogens with zero attached hydrogens (tertiary/aromatic N) is 5. The number of hydrogen-bond donors (Lipinski definition) is 0. The maximum absolute atomic E-state index is 13.5. The summed E-state index contributed by atoms with van der Waals surface area (Å²) in [5, 5.41) is 9.44. The number of alkyl halides is 3. The van der Waals surface area contributed by atoms with Crippen molar-refractivity contribution in [2.75, 3.05) is 5.75 Å². The number of aryl methyl sites for hydroxylation is 1. The molecular formula is C21H22F3N5OS. The van der Waals surface area contributed by atoms with Crippen molar-refractivity contribution >= 4 is 22.8 Å². The van der Waals surface area contributed by atoms with Crippen LogP contribution in [0.25, 0.3) is 22.6 Å². The first-order chi connectivity index (χ1) is 14.5. The van der Waals surface area contributed by atoms with E-state index < -0.39 is 22.8 Å². The first-order valence-electron chi connectivity index (χ1n) is 9.68. The van der Waals surface area contributed by atoms with Gasteiger partial charge in [0.15, 0.2) is 5.82 Å². The Balaban J connectivity index is 2.32. The number of aromatic nitrogens is 4. The van der Waals surface area contributed by atoms with Gasteiger partial charge in [0, 0.05) is 24.7 Å². The third-order valence-corrected chi connectivity index (χ3v) is 6.02. The van der Waals surface area contributed by atoms with Gasteiger partial charge in [-0.05, 0) is 44.2 Å². The number of hydrogen-bond acceptors (Lipinski definition) is 5. The number of fused-ring (bicyclic) bond motifs is 1. The van der Waals surface area contributed by atoms with Crippen molar-refractivity contribution in [3.05, 3.63) is 39.9 Å². The molecule has 164 valence electrons. The lowest BCUT2D eigenvalue weighted by Gasteiger charge is -2.17. The normalized spacial score (nSPS) is 12.4. The minimum Gasteiger partial charge on any atom is -0.321 e. The fourth-order valence-electron chi connectivity index (χ4n) is 3.36. The molecule has 31 heavy (non-hydrogen) atoms. The van der Waals surface area contributed by atoms with Crippen molar-refractivity contribution in [3.63, 3.8) is 0 Å². The SMILES string of the molecule is CCSc1cc(C(C)(C)C#N)cnc1-c1nc2cc(C(F)(F)F)n(CC)c(=O)c2n1C. The largest absolute Gasteiger partial charge is 0.431 e. The van der Waals surface area contributed by atoms with E-state index in [1.807, 2.05) is 13.0 Å². The van der Waals surface area contributed by atoms with Crippen LogP contribution in [0.3, 0.4) is 0 Å². The van der Waals surface area contributed by atoms with Gasteiger partial charge in [0.25, 0.3) is 5.56 Å². The molecule has 3 aromatic rings. The Labute approximate surface area is 181 Å². The molecule has 0 aliphatic rings. The molecule has 0 bridgehead atoms. The van der Waals surface area contributed by atoms with E-state index >= 15 is 0 Å². The number of pyridine rings is 2. The smallest absolute Gasteiger partial charge is 0.321 e. The Hall–Kier alpha value is -2.80. The number of imidazole rings is 1. The monoisotopic (exact) mass is 449 g/mol. The molecule has 0 aliphatic heterocycles. The predicted molar refractivity (Wildman–Crippen MR) is 114 cm³/mol. The van der Waals surface area contributed by atoms with Crippen molar-refractivity contribution in [1.82, 2.24) is 19.1 Å². The van der Waals surface area contributed by atoms with Gasteiger partial charge >= 0.3 is 6.18 Å². The zero-order chi connectivity index (χ0) is 23.1. The van der Waals surface area contributed by atoms with Crippen LogP contribution in [0.15, 0.2) is 28.0 Å². The Morgan fingerprint density at radius 2 is 1.90 bits per heavy atom. The molecule has 0 saturated carbocycles. The predicted octanol–water partition coefficient (Wildman–Crippen LogP) is 4.75. The summed E-state index contributed by atoms with van der Waals surface area (Å²) in [7, 11) is 1.59. The minimum absolute atomic E-state index is 0.0322. The van der Waals surface area contributed by atoms with Crippen LogP contribution in [0, 0.1) is 11.3 Å². The summed E-state index contributed by atoms with van der Waals surface area (Å²) in [5.41, 5.74) is -1.30. The second-order valence-electron chi connectivity index (χ2n) is 7.55. The molecule has 0 N–H and O–H groups in total. The van der Waals surface area contributed by atoms with Crippen molar-refractivity contribution < 1.29 is 13.2 Å². The molecule has 3 heterocycles. The summed E-state index contributed by atoms with van der Waals surface area (Å²) in [5.74, 6) is 1.02. The Morgan fingerprint density at radius 1 is 1.23 bits per heavy atom. The van der Waals surface area contributed by atoms with Crippen molar-refractivity contribution in [3.8, 4) is 17.6 Å². The second kappa shape index (κ2) is 8.04. The summed E-state index contributed by atoms with van der Waals surface area (Å²) in [4.78, 5) is 22.5.